The quantitative estimate of drug-likeness (QED) is 0.842. The molecule has 2 bridgehead atoms. The van der Waals surface area contributed by atoms with Gasteiger partial charge in [-0.2, -0.15) is 0 Å². The monoisotopic (exact) mass is 288 g/mol. The van der Waals surface area contributed by atoms with Crippen molar-refractivity contribution in [1.29, 1.82) is 0 Å². The zero-order chi connectivity index (χ0) is 14.4. The molecule has 0 spiro atoms. The Morgan fingerprint density at radius 1 is 1.19 bits per heavy atom. The van der Waals surface area contributed by atoms with E-state index >= 15 is 0 Å². The average Bonchev–Trinajstić information content (AvgIpc) is 2.85. The van der Waals surface area contributed by atoms with Crippen LogP contribution in [0.4, 0.5) is 11.6 Å². The van der Waals surface area contributed by atoms with E-state index in [-0.39, 0.29) is 0 Å². The Morgan fingerprint density at radius 3 is 2.57 bits per heavy atom. The summed E-state index contributed by atoms with van der Waals surface area (Å²) in [5, 5.41) is 6.94. The summed E-state index contributed by atoms with van der Waals surface area (Å²) < 4.78 is 5.17. The fourth-order valence-electron chi connectivity index (χ4n) is 4.73. The van der Waals surface area contributed by atoms with E-state index in [9.17, 15) is 0 Å². The summed E-state index contributed by atoms with van der Waals surface area (Å²) in [6.45, 7) is 3.40. The van der Waals surface area contributed by atoms with Gasteiger partial charge in [0.05, 0.1) is 0 Å². The van der Waals surface area contributed by atoms with E-state index in [1.165, 1.54) is 19.3 Å². The molecule has 4 atom stereocenters. The van der Waals surface area contributed by atoms with Crippen LogP contribution in [0.2, 0.25) is 0 Å². The number of nitrogens with zero attached hydrogens (tertiary/aromatic N) is 2. The Bertz CT molecular complexity index is 495. The van der Waals surface area contributed by atoms with Gasteiger partial charge in [-0.15, -0.1) is 0 Å². The zero-order valence-electron chi connectivity index (χ0n) is 12.8. The third-order valence-electron chi connectivity index (χ3n) is 5.45. The van der Waals surface area contributed by atoms with Crippen LogP contribution in [-0.2, 0) is 11.3 Å². The minimum absolute atomic E-state index is 0.455. The molecule has 5 nitrogen and oxygen atoms in total. The van der Waals surface area contributed by atoms with Crippen molar-refractivity contribution in [3.8, 4) is 0 Å². The number of aromatic nitrogens is 2. The van der Waals surface area contributed by atoms with Gasteiger partial charge in [0, 0.05) is 25.8 Å². The van der Waals surface area contributed by atoms with Crippen LogP contribution in [0.15, 0.2) is 6.07 Å². The van der Waals surface area contributed by atoms with Crippen LogP contribution in [0, 0.1) is 23.7 Å². The molecule has 4 unspecified atom stereocenters. The first kappa shape index (κ1) is 13.3. The second-order valence-corrected chi connectivity index (χ2v) is 6.68. The van der Waals surface area contributed by atoms with Gasteiger partial charge in [-0.1, -0.05) is 0 Å². The lowest BCUT2D eigenvalue weighted by atomic mass is 10.0. The molecule has 1 aromatic rings. The third-order valence-corrected chi connectivity index (χ3v) is 5.45. The molecule has 0 amide bonds. The van der Waals surface area contributed by atoms with Gasteiger partial charge in [0.1, 0.15) is 18.2 Å². The first-order chi connectivity index (χ1) is 10.3. The van der Waals surface area contributed by atoms with Crippen molar-refractivity contribution in [2.45, 2.75) is 38.8 Å². The number of nitrogens with one attached hydrogen (secondary N) is 2. The van der Waals surface area contributed by atoms with Gasteiger partial charge in [0.15, 0.2) is 5.82 Å². The largest absolute Gasteiger partial charge is 0.377 e. The highest BCUT2D eigenvalue weighted by Crippen LogP contribution is 2.66. The highest BCUT2D eigenvalue weighted by Gasteiger charge is 2.65. The Balaban J connectivity index is 1.49. The van der Waals surface area contributed by atoms with Crippen molar-refractivity contribution in [3.63, 3.8) is 0 Å². The maximum absolute atomic E-state index is 5.17. The van der Waals surface area contributed by atoms with Crippen molar-refractivity contribution >= 4 is 11.6 Å². The first-order valence-electron chi connectivity index (χ1n) is 8.17. The smallest absolute Gasteiger partial charge is 0.158 e. The summed E-state index contributed by atoms with van der Waals surface area (Å²) in [6.07, 6.45) is 4.38. The van der Waals surface area contributed by atoms with Crippen molar-refractivity contribution in [2.24, 2.45) is 23.7 Å². The number of hydrogen-bond acceptors (Lipinski definition) is 5. The van der Waals surface area contributed by atoms with E-state index in [1.807, 2.05) is 6.07 Å². The maximum atomic E-state index is 5.17. The Hall–Kier alpha value is -1.36. The molecule has 3 aliphatic carbocycles. The minimum Gasteiger partial charge on any atom is -0.377 e. The van der Waals surface area contributed by atoms with Crippen LogP contribution < -0.4 is 10.6 Å². The van der Waals surface area contributed by atoms with Crippen LogP contribution in [0.3, 0.4) is 0 Å². The van der Waals surface area contributed by atoms with Crippen molar-refractivity contribution in [1.82, 2.24) is 9.97 Å². The summed E-state index contributed by atoms with van der Waals surface area (Å²) in [5.74, 6) is 6.35. The number of anilines is 2. The van der Waals surface area contributed by atoms with Crippen LogP contribution in [-0.4, -0.2) is 29.7 Å². The number of hydrogen-bond donors (Lipinski definition) is 2. The van der Waals surface area contributed by atoms with Gasteiger partial charge in [-0.25, -0.2) is 9.97 Å². The van der Waals surface area contributed by atoms with Gasteiger partial charge < -0.3 is 15.4 Å². The average molecular weight is 288 g/mol. The van der Waals surface area contributed by atoms with E-state index < -0.39 is 0 Å². The molecule has 0 aliphatic heterocycles. The summed E-state index contributed by atoms with van der Waals surface area (Å²) in [5.41, 5.74) is 0. The normalized spacial score (nSPS) is 35.6. The molecular formula is C16H24N4O. The van der Waals surface area contributed by atoms with E-state index in [4.69, 9.17) is 4.74 Å². The SMILES string of the molecule is CCNc1cc(NC2C3C4CCC(C4)C23)nc(COC)n1. The molecule has 2 N–H and O–H groups in total. The number of rotatable bonds is 6. The van der Waals surface area contributed by atoms with Gasteiger partial charge in [-0.3, -0.25) is 0 Å². The molecular weight excluding hydrogens is 264 g/mol. The molecule has 4 rings (SSSR count). The third kappa shape index (κ3) is 2.27. The number of methoxy groups -OCH3 is 1. The van der Waals surface area contributed by atoms with Crippen molar-refractivity contribution in [3.05, 3.63) is 11.9 Å². The molecule has 3 aliphatic rings. The molecule has 1 heterocycles. The first-order valence-corrected chi connectivity index (χ1v) is 8.17. The van der Waals surface area contributed by atoms with Gasteiger partial charge in [0.25, 0.3) is 0 Å². The Morgan fingerprint density at radius 2 is 1.90 bits per heavy atom. The molecule has 0 radical (unpaired) electrons. The predicted molar refractivity (Wildman–Crippen MR) is 82.1 cm³/mol. The van der Waals surface area contributed by atoms with Crippen molar-refractivity contribution < 1.29 is 4.74 Å². The summed E-state index contributed by atoms with van der Waals surface area (Å²) in [4.78, 5) is 9.06. The summed E-state index contributed by atoms with van der Waals surface area (Å²) in [7, 11) is 1.68. The molecule has 0 saturated heterocycles. The zero-order valence-corrected chi connectivity index (χ0v) is 12.8. The van der Waals surface area contributed by atoms with E-state index in [1.54, 1.807) is 7.11 Å². The summed E-state index contributed by atoms with van der Waals surface area (Å²) >= 11 is 0. The van der Waals surface area contributed by atoms with Gasteiger partial charge in [0.2, 0.25) is 0 Å². The number of fused-ring (bicyclic) bond motifs is 5. The fourth-order valence-corrected chi connectivity index (χ4v) is 4.73. The van der Waals surface area contributed by atoms with E-state index in [2.05, 4.69) is 27.5 Å². The molecule has 3 saturated carbocycles. The van der Waals surface area contributed by atoms with Crippen molar-refractivity contribution in [2.75, 3.05) is 24.3 Å². The second-order valence-electron chi connectivity index (χ2n) is 6.68. The standard InChI is InChI=1S/C16H24N4O/c1-3-17-11-7-12(19-13(18-11)8-21-2)20-16-14-9-4-5-10(6-9)15(14)16/h7,9-10,14-16H,3-6,8H2,1-2H3,(H2,17,18,19,20). The molecule has 0 aromatic carbocycles. The van der Waals surface area contributed by atoms with E-state index in [0.717, 1.165) is 47.7 Å². The molecule has 3 fully saturated rings. The molecule has 21 heavy (non-hydrogen) atoms. The maximum Gasteiger partial charge on any atom is 0.158 e. The minimum atomic E-state index is 0.455. The lowest BCUT2D eigenvalue weighted by Crippen LogP contribution is -2.15. The van der Waals surface area contributed by atoms with E-state index in [0.29, 0.717) is 12.6 Å². The van der Waals surface area contributed by atoms with Gasteiger partial charge in [-0.05, 0) is 49.9 Å². The number of ether oxygens (including phenoxy) is 1. The Labute approximate surface area is 125 Å². The lowest BCUT2D eigenvalue weighted by Gasteiger charge is -2.13. The second kappa shape index (κ2) is 5.13. The molecule has 5 heteroatoms. The molecule has 1 aromatic heterocycles. The van der Waals surface area contributed by atoms with Crippen LogP contribution in [0.5, 0.6) is 0 Å². The highest BCUT2D eigenvalue weighted by molar-refractivity contribution is 5.49. The van der Waals surface area contributed by atoms with Crippen LogP contribution in [0.1, 0.15) is 32.0 Å². The Kier molecular flexibility index (Phi) is 3.25. The molecule has 114 valence electrons. The fraction of sp³-hybridized carbons (Fsp3) is 0.750. The highest BCUT2D eigenvalue weighted by atomic mass is 16.5. The van der Waals surface area contributed by atoms with Crippen LogP contribution >= 0.6 is 0 Å². The lowest BCUT2D eigenvalue weighted by molar-refractivity contribution is 0.178. The summed E-state index contributed by atoms with van der Waals surface area (Å²) in [6, 6.07) is 2.68. The predicted octanol–water partition coefficient (Wildman–Crippen LogP) is 2.51. The topological polar surface area (TPSA) is 59.1 Å². The van der Waals surface area contributed by atoms with Crippen LogP contribution in [0.25, 0.3) is 0 Å². The van der Waals surface area contributed by atoms with Gasteiger partial charge >= 0.3 is 0 Å².